The highest BCUT2D eigenvalue weighted by atomic mass is 79.9. The third-order valence-corrected chi connectivity index (χ3v) is 1.80. The Morgan fingerprint density at radius 3 is 2.42 bits per heavy atom. The standard InChI is InChI=1S/C9H15BrF2/c1-2-3-4-5-6-7-8-9(10,11)12/h7-8H,2-6H2,1H3. The Morgan fingerprint density at radius 2 is 1.92 bits per heavy atom. The van der Waals surface area contributed by atoms with E-state index in [0.717, 1.165) is 25.3 Å². The van der Waals surface area contributed by atoms with Crippen LogP contribution in [0.1, 0.15) is 39.0 Å². The summed E-state index contributed by atoms with van der Waals surface area (Å²) in [5.74, 6) is 0. The fourth-order valence-electron chi connectivity index (χ4n) is 0.906. The topological polar surface area (TPSA) is 0 Å². The zero-order valence-corrected chi connectivity index (χ0v) is 8.91. The molecular formula is C9H15BrF2. The monoisotopic (exact) mass is 240 g/mol. The maximum Gasteiger partial charge on any atom is 0.319 e. The van der Waals surface area contributed by atoms with E-state index in [0.29, 0.717) is 0 Å². The third kappa shape index (κ3) is 10.1. The van der Waals surface area contributed by atoms with Crippen molar-refractivity contribution in [1.82, 2.24) is 0 Å². The summed E-state index contributed by atoms with van der Waals surface area (Å²) in [6.45, 7) is 2.13. The smallest absolute Gasteiger partial charge is 0.189 e. The Kier molecular flexibility index (Phi) is 6.62. The molecule has 0 fully saturated rings. The zero-order valence-electron chi connectivity index (χ0n) is 7.32. The van der Waals surface area contributed by atoms with E-state index in [1.807, 2.05) is 0 Å². The molecule has 0 nitrogen and oxygen atoms in total. The van der Waals surface area contributed by atoms with E-state index in [9.17, 15) is 8.78 Å². The molecule has 0 radical (unpaired) electrons. The van der Waals surface area contributed by atoms with Gasteiger partial charge in [-0.05, 0) is 34.8 Å². The number of hydrogen-bond donors (Lipinski definition) is 0. The van der Waals surface area contributed by atoms with Crippen LogP contribution in [0, 0.1) is 0 Å². The van der Waals surface area contributed by atoms with Gasteiger partial charge in [0.05, 0.1) is 0 Å². The van der Waals surface area contributed by atoms with Crippen LogP contribution in [0.5, 0.6) is 0 Å². The Labute approximate surface area is 81.2 Å². The molecule has 0 amide bonds. The molecule has 3 heteroatoms. The quantitative estimate of drug-likeness (QED) is 0.365. The molecule has 0 N–H and O–H groups in total. The van der Waals surface area contributed by atoms with Crippen molar-refractivity contribution in [3.05, 3.63) is 12.2 Å². The van der Waals surface area contributed by atoms with Crippen molar-refractivity contribution in [2.45, 2.75) is 43.9 Å². The van der Waals surface area contributed by atoms with E-state index in [1.54, 1.807) is 0 Å². The van der Waals surface area contributed by atoms with Gasteiger partial charge in [0, 0.05) is 0 Å². The van der Waals surface area contributed by atoms with Gasteiger partial charge in [0.2, 0.25) is 0 Å². The Hall–Kier alpha value is 0.0800. The number of rotatable bonds is 6. The van der Waals surface area contributed by atoms with E-state index in [-0.39, 0.29) is 0 Å². The predicted molar refractivity (Wildman–Crippen MR) is 51.8 cm³/mol. The van der Waals surface area contributed by atoms with Crippen LogP contribution in [-0.2, 0) is 0 Å². The van der Waals surface area contributed by atoms with Gasteiger partial charge in [-0.3, -0.25) is 0 Å². The minimum Gasteiger partial charge on any atom is -0.189 e. The molecule has 0 saturated carbocycles. The lowest BCUT2D eigenvalue weighted by Gasteiger charge is -1.99. The van der Waals surface area contributed by atoms with Gasteiger partial charge in [-0.25, -0.2) is 0 Å². The van der Waals surface area contributed by atoms with Crippen molar-refractivity contribution in [2.75, 3.05) is 0 Å². The average molecular weight is 241 g/mol. The summed E-state index contributed by atoms with van der Waals surface area (Å²) in [6, 6.07) is 0. The van der Waals surface area contributed by atoms with Gasteiger partial charge in [0.1, 0.15) is 0 Å². The zero-order chi connectivity index (χ0) is 9.45. The summed E-state index contributed by atoms with van der Waals surface area (Å²) in [5.41, 5.74) is 0. The molecule has 0 aliphatic heterocycles. The number of allylic oxidation sites excluding steroid dienone is 2. The van der Waals surface area contributed by atoms with Crippen LogP contribution in [0.3, 0.4) is 0 Å². The molecule has 72 valence electrons. The van der Waals surface area contributed by atoms with E-state index in [4.69, 9.17) is 0 Å². The fraction of sp³-hybridized carbons (Fsp3) is 0.778. The van der Waals surface area contributed by atoms with Crippen LogP contribution in [0.4, 0.5) is 8.78 Å². The molecule has 0 unspecified atom stereocenters. The number of halogens is 3. The molecule has 12 heavy (non-hydrogen) atoms. The van der Waals surface area contributed by atoms with Crippen molar-refractivity contribution >= 4 is 15.9 Å². The molecular weight excluding hydrogens is 226 g/mol. The molecule has 0 aromatic heterocycles. The summed E-state index contributed by atoms with van der Waals surface area (Å²) >= 11 is 2.24. The maximum absolute atomic E-state index is 12.1. The summed E-state index contributed by atoms with van der Waals surface area (Å²) in [4.78, 5) is -2.82. The minimum atomic E-state index is -2.82. The Bertz CT molecular complexity index is 127. The summed E-state index contributed by atoms with van der Waals surface area (Å²) in [7, 11) is 0. The van der Waals surface area contributed by atoms with E-state index < -0.39 is 4.83 Å². The molecule has 0 rings (SSSR count). The van der Waals surface area contributed by atoms with Crippen molar-refractivity contribution in [1.29, 1.82) is 0 Å². The summed E-state index contributed by atoms with van der Waals surface area (Å²) in [6.07, 6.45) is 7.70. The van der Waals surface area contributed by atoms with Crippen LogP contribution >= 0.6 is 15.9 Å². The van der Waals surface area contributed by atoms with Gasteiger partial charge >= 0.3 is 4.83 Å². The van der Waals surface area contributed by atoms with Gasteiger partial charge in [-0.1, -0.05) is 32.3 Å². The summed E-state index contributed by atoms with van der Waals surface area (Å²) < 4.78 is 24.3. The van der Waals surface area contributed by atoms with Crippen molar-refractivity contribution in [2.24, 2.45) is 0 Å². The van der Waals surface area contributed by atoms with Gasteiger partial charge in [0.15, 0.2) is 0 Å². The Balaban J connectivity index is 3.25. The van der Waals surface area contributed by atoms with Crippen molar-refractivity contribution in [3.63, 3.8) is 0 Å². The molecule has 0 aliphatic rings. The van der Waals surface area contributed by atoms with Crippen LogP contribution in [0.25, 0.3) is 0 Å². The highest BCUT2D eigenvalue weighted by Gasteiger charge is 2.17. The first-order valence-corrected chi connectivity index (χ1v) is 5.10. The molecule has 0 aliphatic carbocycles. The second kappa shape index (κ2) is 6.58. The highest BCUT2D eigenvalue weighted by Crippen LogP contribution is 2.23. The van der Waals surface area contributed by atoms with E-state index >= 15 is 0 Å². The normalized spacial score (nSPS) is 12.7. The highest BCUT2D eigenvalue weighted by molar-refractivity contribution is 9.10. The molecule has 0 aromatic rings. The number of hydrogen-bond acceptors (Lipinski definition) is 0. The molecule has 0 bridgehead atoms. The SMILES string of the molecule is CCCCCCC=CC(F)(F)Br. The maximum atomic E-state index is 12.1. The predicted octanol–water partition coefficient (Wildman–Crippen LogP) is 4.50. The second-order valence-corrected chi connectivity index (χ2v) is 3.85. The van der Waals surface area contributed by atoms with Crippen LogP contribution in [-0.4, -0.2) is 4.83 Å². The van der Waals surface area contributed by atoms with Crippen LogP contribution < -0.4 is 0 Å². The molecule has 0 spiro atoms. The first kappa shape index (κ1) is 12.1. The van der Waals surface area contributed by atoms with E-state index in [1.165, 1.54) is 18.9 Å². The largest absolute Gasteiger partial charge is 0.319 e. The second-order valence-electron chi connectivity index (χ2n) is 2.79. The molecule has 0 heterocycles. The van der Waals surface area contributed by atoms with Crippen LogP contribution in [0.2, 0.25) is 0 Å². The van der Waals surface area contributed by atoms with Crippen molar-refractivity contribution in [3.8, 4) is 0 Å². The Morgan fingerprint density at radius 1 is 1.25 bits per heavy atom. The number of alkyl halides is 3. The minimum absolute atomic E-state index is 0.751. The summed E-state index contributed by atoms with van der Waals surface area (Å²) in [5, 5.41) is 0. The van der Waals surface area contributed by atoms with Gasteiger partial charge in [0.25, 0.3) is 0 Å². The lowest BCUT2D eigenvalue weighted by molar-refractivity contribution is 0.171. The van der Waals surface area contributed by atoms with Gasteiger partial charge < -0.3 is 0 Å². The fourth-order valence-corrected chi connectivity index (χ4v) is 1.09. The van der Waals surface area contributed by atoms with Crippen molar-refractivity contribution < 1.29 is 8.78 Å². The van der Waals surface area contributed by atoms with E-state index in [2.05, 4.69) is 22.9 Å². The lowest BCUT2D eigenvalue weighted by Crippen LogP contribution is -1.96. The van der Waals surface area contributed by atoms with Gasteiger partial charge in [-0.15, -0.1) is 0 Å². The first-order valence-electron chi connectivity index (χ1n) is 4.30. The molecule has 0 atom stereocenters. The third-order valence-electron chi connectivity index (χ3n) is 1.53. The lowest BCUT2D eigenvalue weighted by atomic mass is 10.1. The van der Waals surface area contributed by atoms with Gasteiger partial charge in [-0.2, -0.15) is 8.78 Å². The number of unbranched alkanes of at least 4 members (excludes halogenated alkanes) is 4. The van der Waals surface area contributed by atoms with Crippen LogP contribution in [0.15, 0.2) is 12.2 Å². The average Bonchev–Trinajstić information content (AvgIpc) is 1.94. The first-order chi connectivity index (χ1) is 5.56. The molecule has 0 aromatic carbocycles. The molecule has 0 saturated heterocycles.